The Labute approximate surface area is 121 Å². The zero-order valence-electron chi connectivity index (χ0n) is 12.6. The van der Waals surface area contributed by atoms with Gasteiger partial charge in [-0.2, -0.15) is 0 Å². The Morgan fingerprint density at radius 3 is 2.90 bits per heavy atom. The third-order valence-corrected chi connectivity index (χ3v) is 4.74. The second-order valence-electron chi connectivity index (χ2n) is 5.83. The van der Waals surface area contributed by atoms with Crippen LogP contribution < -0.4 is 10.2 Å². The first-order chi connectivity index (χ1) is 9.79. The van der Waals surface area contributed by atoms with Gasteiger partial charge in [0.2, 0.25) is 0 Å². The number of hydrogen-bond donors (Lipinski definition) is 1. The molecule has 3 heterocycles. The maximum Gasteiger partial charge on any atom is 0.136 e. The van der Waals surface area contributed by atoms with Crippen molar-refractivity contribution in [3.05, 3.63) is 17.6 Å². The first-order valence-electron chi connectivity index (χ1n) is 7.78. The molecule has 0 radical (unpaired) electrons. The molecular formula is C15H25N5. The molecule has 1 N–H and O–H groups in total. The van der Waals surface area contributed by atoms with Crippen molar-refractivity contribution in [2.75, 3.05) is 38.1 Å². The monoisotopic (exact) mass is 275 g/mol. The van der Waals surface area contributed by atoms with Crippen molar-refractivity contribution in [1.29, 1.82) is 0 Å². The van der Waals surface area contributed by atoms with Crippen LogP contribution >= 0.6 is 0 Å². The van der Waals surface area contributed by atoms with E-state index in [-0.39, 0.29) is 0 Å². The van der Waals surface area contributed by atoms with Gasteiger partial charge < -0.3 is 15.1 Å². The zero-order chi connectivity index (χ0) is 13.9. The highest BCUT2D eigenvalue weighted by Gasteiger charge is 2.25. The van der Waals surface area contributed by atoms with Crippen molar-refractivity contribution < 1.29 is 0 Å². The molecule has 1 aromatic heterocycles. The normalized spacial score (nSPS) is 20.7. The summed E-state index contributed by atoms with van der Waals surface area (Å²) in [6.45, 7) is 7.76. The van der Waals surface area contributed by atoms with Gasteiger partial charge in [-0.05, 0) is 19.4 Å². The van der Waals surface area contributed by atoms with Crippen LogP contribution in [-0.2, 0) is 13.0 Å². The predicted molar refractivity (Wildman–Crippen MR) is 81.0 cm³/mol. The quantitative estimate of drug-likeness (QED) is 0.893. The van der Waals surface area contributed by atoms with E-state index in [0.29, 0.717) is 6.04 Å². The Morgan fingerprint density at radius 1 is 1.35 bits per heavy atom. The van der Waals surface area contributed by atoms with E-state index in [0.717, 1.165) is 25.3 Å². The van der Waals surface area contributed by atoms with Gasteiger partial charge in [0.25, 0.3) is 0 Å². The molecule has 1 fully saturated rings. The second-order valence-corrected chi connectivity index (χ2v) is 5.83. The molecule has 0 saturated carbocycles. The maximum atomic E-state index is 4.57. The lowest BCUT2D eigenvalue weighted by Gasteiger charge is -2.38. The van der Waals surface area contributed by atoms with E-state index in [1.54, 1.807) is 6.33 Å². The molecule has 0 aromatic carbocycles. The lowest BCUT2D eigenvalue weighted by molar-refractivity contribution is 0.220. The minimum absolute atomic E-state index is 0.610. The molecule has 1 saturated heterocycles. The minimum Gasteiger partial charge on any atom is -0.356 e. The van der Waals surface area contributed by atoms with Gasteiger partial charge in [0.05, 0.1) is 5.69 Å². The SMILES string of the molecule is CCN1CCC(N(C)c2ncnc3c2CNCC3)CC1. The molecule has 5 heteroatoms. The van der Waals surface area contributed by atoms with E-state index in [4.69, 9.17) is 0 Å². The highest BCUT2D eigenvalue weighted by atomic mass is 15.2. The third kappa shape index (κ3) is 2.65. The summed E-state index contributed by atoms with van der Waals surface area (Å²) < 4.78 is 0. The van der Waals surface area contributed by atoms with Gasteiger partial charge in [0, 0.05) is 51.3 Å². The molecule has 0 aliphatic carbocycles. The highest BCUT2D eigenvalue weighted by molar-refractivity contribution is 5.49. The van der Waals surface area contributed by atoms with E-state index in [2.05, 4.69) is 39.1 Å². The zero-order valence-corrected chi connectivity index (χ0v) is 12.6. The van der Waals surface area contributed by atoms with Gasteiger partial charge in [0.15, 0.2) is 0 Å². The molecule has 110 valence electrons. The lowest BCUT2D eigenvalue weighted by Crippen LogP contribution is -2.44. The smallest absolute Gasteiger partial charge is 0.136 e. The van der Waals surface area contributed by atoms with Crippen molar-refractivity contribution in [2.45, 2.75) is 38.8 Å². The van der Waals surface area contributed by atoms with Crippen LogP contribution in [-0.4, -0.2) is 54.1 Å². The Bertz CT molecular complexity index is 454. The number of likely N-dealkylation sites (tertiary alicyclic amines) is 1. The molecule has 2 aliphatic heterocycles. The Morgan fingerprint density at radius 2 is 2.15 bits per heavy atom. The molecule has 3 rings (SSSR count). The number of rotatable bonds is 3. The summed E-state index contributed by atoms with van der Waals surface area (Å²) in [4.78, 5) is 13.9. The van der Waals surface area contributed by atoms with E-state index in [1.807, 2.05) is 0 Å². The van der Waals surface area contributed by atoms with Crippen LogP contribution in [0.25, 0.3) is 0 Å². The minimum atomic E-state index is 0.610. The van der Waals surface area contributed by atoms with Gasteiger partial charge in [-0.25, -0.2) is 9.97 Å². The van der Waals surface area contributed by atoms with Crippen molar-refractivity contribution in [1.82, 2.24) is 20.2 Å². The average molecular weight is 275 g/mol. The molecule has 0 bridgehead atoms. The van der Waals surface area contributed by atoms with Crippen LogP contribution in [0.3, 0.4) is 0 Å². The summed E-state index contributed by atoms with van der Waals surface area (Å²) >= 11 is 0. The summed E-state index contributed by atoms with van der Waals surface area (Å²) in [5.74, 6) is 1.14. The predicted octanol–water partition coefficient (Wildman–Crippen LogP) is 1.04. The average Bonchev–Trinajstić information content (AvgIpc) is 2.54. The number of anilines is 1. The molecule has 20 heavy (non-hydrogen) atoms. The first-order valence-corrected chi connectivity index (χ1v) is 7.78. The molecule has 0 unspecified atom stereocenters. The number of fused-ring (bicyclic) bond motifs is 1. The fourth-order valence-corrected chi connectivity index (χ4v) is 3.35. The summed E-state index contributed by atoms with van der Waals surface area (Å²) in [5.41, 5.74) is 2.53. The Kier molecular flexibility index (Phi) is 4.17. The molecule has 1 aromatic rings. The lowest BCUT2D eigenvalue weighted by atomic mass is 10.0. The third-order valence-electron chi connectivity index (χ3n) is 4.74. The summed E-state index contributed by atoms with van der Waals surface area (Å²) in [6.07, 6.45) is 5.22. The van der Waals surface area contributed by atoms with Gasteiger partial charge in [-0.15, -0.1) is 0 Å². The molecule has 2 aliphatic rings. The highest BCUT2D eigenvalue weighted by Crippen LogP contribution is 2.26. The first kappa shape index (κ1) is 13.8. The molecule has 5 nitrogen and oxygen atoms in total. The number of nitrogens with zero attached hydrogens (tertiary/aromatic N) is 4. The fourth-order valence-electron chi connectivity index (χ4n) is 3.35. The number of hydrogen-bond acceptors (Lipinski definition) is 5. The maximum absolute atomic E-state index is 4.57. The Hall–Kier alpha value is -1.20. The van der Waals surface area contributed by atoms with E-state index < -0.39 is 0 Å². The van der Waals surface area contributed by atoms with Crippen molar-refractivity contribution >= 4 is 5.82 Å². The van der Waals surface area contributed by atoms with Crippen molar-refractivity contribution in [2.24, 2.45) is 0 Å². The van der Waals surface area contributed by atoms with Crippen molar-refractivity contribution in [3.8, 4) is 0 Å². The van der Waals surface area contributed by atoms with Crippen LogP contribution in [0, 0.1) is 0 Å². The van der Waals surface area contributed by atoms with Gasteiger partial charge in [-0.1, -0.05) is 6.92 Å². The van der Waals surface area contributed by atoms with Crippen molar-refractivity contribution in [3.63, 3.8) is 0 Å². The van der Waals surface area contributed by atoms with E-state index in [1.165, 1.54) is 43.7 Å². The Balaban J connectivity index is 1.76. The summed E-state index contributed by atoms with van der Waals surface area (Å²) in [7, 11) is 2.20. The molecule has 0 spiro atoms. The number of aromatic nitrogens is 2. The van der Waals surface area contributed by atoms with Gasteiger partial charge in [0.1, 0.15) is 12.1 Å². The number of piperidine rings is 1. The summed E-state index contributed by atoms with van der Waals surface area (Å²) in [6, 6.07) is 0.610. The van der Waals surface area contributed by atoms with Crippen LogP contribution in [0.15, 0.2) is 6.33 Å². The van der Waals surface area contributed by atoms with Crippen LogP contribution in [0.2, 0.25) is 0 Å². The van der Waals surface area contributed by atoms with Gasteiger partial charge >= 0.3 is 0 Å². The fraction of sp³-hybridized carbons (Fsp3) is 0.733. The number of nitrogens with one attached hydrogen (secondary N) is 1. The molecule has 0 amide bonds. The molecule has 0 atom stereocenters. The molecular weight excluding hydrogens is 250 g/mol. The summed E-state index contributed by atoms with van der Waals surface area (Å²) in [5, 5.41) is 3.44. The van der Waals surface area contributed by atoms with E-state index >= 15 is 0 Å². The van der Waals surface area contributed by atoms with E-state index in [9.17, 15) is 0 Å². The van der Waals surface area contributed by atoms with Gasteiger partial charge in [-0.3, -0.25) is 0 Å². The largest absolute Gasteiger partial charge is 0.356 e. The topological polar surface area (TPSA) is 44.3 Å². The van der Waals surface area contributed by atoms with Crippen LogP contribution in [0.4, 0.5) is 5.82 Å². The second kappa shape index (κ2) is 6.06. The van der Waals surface area contributed by atoms with Crippen LogP contribution in [0.1, 0.15) is 31.0 Å². The van der Waals surface area contributed by atoms with Crippen LogP contribution in [0.5, 0.6) is 0 Å². The standard InChI is InChI=1S/C15H25N5/c1-3-20-8-5-12(6-9-20)19(2)15-13-10-16-7-4-14(13)17-11-18-15/h11-12,16H,3-10H2,1-2H3.